The molecule has 4 rings (SSSR count). The SMILES string of the molecule is CCOc1ccc(S(=O)(=O)N(CC(=O)N2C(C(N)=O)CCC2c2ccccc2)c2ccc(C)cc2)cc1. The maximum Gasteiger partial charge on any atom is 0.264 e. The van der Waals surface area contributed by atoms with Crippen molar-refractivity contribution in [1.82, 2.24) is 4.90 Å². The van der Waals surface area contributed by atoms with Gasteiger partial charge in [-0.05, 0) is 68.7 Å². The molecule has 0 radical (unpaired) electrons. The van der Waals surface area contributed by atoms with Crippen LogP contribution in [0, 0.1) is 6.92 Å². The summed E-state index contributed by atoms with van der Waals surface area (Å²) in [7, 11) is -4.13. The number of hydrogen-bond acceptors (Lipinski definition) is 5. The van der Waals surface area contributed by atoms with E-state index in [1.165, 1.54) is 17.0 Å². The minimum Gasteiger partial charge on any atom is -0.494 e. The van der Waals surface area contributed by atoms with Crippen molar-refractivity contribution in [2.45, 2.75) is 43.7 Å². The van der Waals surface area contributed by atoms with Gasteiger partial charge in [-0.2, -0.15) is 0 Å². The van der Waals surface area contributed by atoms with Crippen LogP contribution in [-0.2, 0) is 19.6 Å². The lowest BCUT2D eigenvalue weighted by atomic mass is 10.0. The molecule has 1 fully saturated rings. The Bertz CT molecular complexity index is 1340. The molecule has 2 N–H and O–H groups in total. The average Bonchev–Trinajstić information content (AvgIpc) is 3.35. The maximum atomic E-state index is 13.8. The second kappa shape index (κ2) is 11.0. The number of hydrogen-bond donors (Lipinski definition) is 1. The predicted molar refractivity (Wildman–Crippen MR) is 142 cm³/mol. The minimum atomic E-state index is -4.13. The van der Waals surface area contributed by atoms with E-state index in [4.69, 9.17) is 10.5 Å². The Morgan fingerprint density at radius 1 is 0.973 bits per heavy atom. The number of amides is 2. The van der Waals surface area contributed by atoms with E-state index >= 15 is 0 Å². The van der Waals surface area contributed by atoms with E-state index < -0.39 is 34.4 Å². The molecular formula is C28H31N3O5S. The fourth-order valence-electron chi connectivity index (χ4n) is 4.67. The summed E-state index contributed by atoms with van der Waals surface area (Å²) >= 11 is 0. The van der Waals surface area contributed by atoms with E-state index in [9.17, 15) is 18.0 Å². The summed E-state index contributed by atoms with van der Waals surface area (Å²) in [5.74, 6) is -0.556. The summed E-state index contributed by atoms with van der Waals surface area (Å²) in [5, 5.41) is 0. The number of aryl methyl sites for hydroxylation is 1. The Kier molecular flexibility index (Phi) is 7.83. The van der Waals surface area contributed by atoms with Gasteiger partial charge in [0.05, 0.1) is 23.2 Å². The number of carbonyl (C=O) groups is 2. The third-order valence-corrected chi connectivity index (χ3v) is 8.30. The molecule has 1 aliphatic heterocycles. The minimum absolute atomic E-state index is 0.0248. The van der Waals surface area contributed by atoms with E-state index in [2.05, 4.69) is 0 Å². The lowest BCUT2D eigenvalue weighted by molar-refractivity contribution is -0.138. The summed E-state index contributed by atoms with van der Waals surface area (Å²) in [6.07, 6.45) is 0.969. The zero-order valence-electron chi connectivity index (χ0n) is 20.9. The van der Waals surface area contributed by atoms with Gasteiger partial charge in [0.1, 0.15) is 18.3 Å². The van der Waals surface area contributed by atoms with Crippen LogP contribution in [0.5, 0.6) is 5.75 Å². The normalized spacial score (nSPS) is 17.4. The molecule has 3 aromatic rings. The van der Waals surface area contributed by atoms with Gasteiger partial charge in [-0.1, -0.05) is 48.0 Å². The lowest BCUT2D eigenvalue weighted by Crippen LogP contribution is -2.49. The third-order valence-electron chi connectivity index (χ3n) is 6.51. The van der Waals surface area contributed by atoms with E-state index in [1.54, 1.807) is 36.4 Å². The van der Waals surface area contributed by atoms with E-state index in [-0.39, 0.29) is 10.9 Å². The number of carbonyl (C=O) groups excluding carboxylic acids is 2. The summed E-state index contributed by atoms with van der Waals surface area (Å²) in [4.78, 5) is 27.6. The van der Waals surface area contributed by atoms with Crippen molar-refractivity contribution in [3.05, 3.63) is 90.0 Å². The summed E-state index contributed by atoms with van der Waals surface area (Å²) in [5.41, 5.74) is 7.83. The molecule has 2 amide bonds. The Hall–Kier alpha value is -3.85. The summed E-state index contributed by atoms with van der Waals surface area (Å²) in [6, 6.07) is 21.2. The number of anilines is 1. The first-order valence-electron chi connectivity index (χ1n) is 12.2. The summed E-state index contributed by atoms with van der Waals surface area (Å²) < 4.78 is 34.2. The highest BCUT2D eigenvalue weighted by atomic mass is 32.2. The van der Waals surface area contributed by atoms with Crippen molar-refractivity contribution >= 4 is 27.5 Å². The average molecular weight is 522 g/mol. The fourth-order valence-corrected chi connectivity index (χ4v) is 6.09. The van der Waals surface area contributed by atoms with Gasteiger partial charge in [-0.15, -0.1) is 0 Å². The predicted octanol–water partition coefficient (Wildman–Crippen LogP) is 3.81. The fraction of sp³-hybridized carbons (Fsp3) is 0.286. The molecule has 0 spiro atoms. The molecule has 2 atom stereocenters. The van der Waals surface area contributed by atoms with Crippen LogP contribution >= 0.6 is 0 Å². The van der Waals surface area contributed by atoms with Crippen molar-refractivity contribution in [3.8, 4) is 5.75 Å². The van der Waals surface area contributed by atoms with Crippen LogP contribution in [0.4, 0.5) is 5.69 Å². The second-order valence-electron chi connectivity index (χ2n) is 8.97. The molecule has 0 aliphatic carbocycles. The highest BCUT2D eigenvalue weighted by Crippen LogP contribution is 2.37. The van der Waals surface area contributed by atoms with Crippen LogP contribution in [0.3, 0.4) is 0 Å². The van der Waals surface area contributed by atoms with E-state index in [0.717, 1.165) is 15.4 Å². The summed E-state index contributed by atoms with van der Waals surface area (Å²) in [6.45, 7) is 3.71. The van der Waals surface area contributed by atoms with Crippen molar-refractivity contribution < 1.29 is 22.7 Å². The third kappa shape index (κ3) is 5.61. The number of sulfonamides is 1. The zero-order chi connectivity index (χ0) is 26.6. The van der Waals surface area contributed by atoms with Gasteiger partial charge in [0.15, 0.2) is 0 Å². The Balaban J connectivity index is 1.72. The Morgan fingerprint density at radius 2 is 1.62 bits per heavy atom. The monoisotopic (exact) mass is 521 g/mol. The van der Waals surface area contributed by atoms with Crippen LogP contribution in [0.15, 0.2) is 83.8 Å². The first-order valence-corrected chi connectivity index (χ1v) is 13.6. The van der Waals surface area contributed by atoms with Gasteiger partial charge in [-0.25, -0.2) is 8.42 Å². The van der Waals surface area contributed by atoms with E-state index in [1.807, 2.05) is 44.2 Å². The van der Waals surface area contributed by atoms with Gasteiger partial charge >= 0.3 is 0 Å². The van der Waals surface area contributed by atoms with Crippen molar-refractivity contribution in [2.75, 3.05) is 17.5 Å². The molecule has 37 heavy (non-hydrogen) atoms. The van der Waals surface area contributed by atoms with Gasteiger partial charge < -0.3 is 15.4 Å². The number of nitrogens with two attached hydrogens (primary N) is 1. The lowest BCUT2D eigenvalue weighted by Gasteiger charge is -2.32. The quantitative estimate of drug-likeness (QED) is 0.461. The molecular weight excluding hydrogens is 490 g/mol. The van der Waals surface area contributed by atoms with Crippen LogP contribution in [0.1, 0.15) is 36.9 Å². The molecule has 1 saturated heterocycles. The molecule has 1 aliphatic rings. The van der Waals surface area contributed by atoms with Crippen LogP contribution in [-0.4, -0.2) is 44.3 Å². The first-order chi connectivity index (χ1) is 17.7. The molecule has 3 aromatic carbocycles. The highest BCUT2D eigenvalue weighted by molar-refractivity contribution is 7.92. The number of likely N-dealkylation sites (tertiary alicyclic amines) is 1. The maximum absolute atomic E-state index is 13.8. The standard InChI is InChI=1S/C28H31N3O5S/c1-3-36-23-13-15-24(16-14-23)37(34,35)30(22-11-9-20(2)10-12-22)19-27(32)31-25(17-18-26(31)28(29)33)21-7-5-4-6-8-21/h4-16,25-26H,3,17-19H2,1-2H3,(H2,29,33). The molecule has 9 heteroatoms. The van der Waals surface area contributed by atoms with E-state index in [0.29, 0.717) is 30.9 Å². The topological polar surface area (TPSA) is 110 Å². The largest absolute Gasteiger partial charge is 0.494 e. The molecule has 2 unspecified atom stereocenters. The first kappa shape index (κ1) is 26.2. The number of benzene rings is 3. The van der Waals surface area contributed by atoms with Gasteiger partial charge in [0, 0.05) is 0 Å². The van der Waals surface area contributed by atoms with Crippen LogP contribution in [0.2, 0.25) is 0 Å². The molecule has 8 nitrogen and oxygen atoms in total. The Morgan fingerprint density at radius 3 is 2.22 bits per heavy atom. The smallest absolute Gasteiger partial charge is 0.264 e. The Labute approximate surface area is 217 Å². The van der Waals surface area contributed by atoms with Crippen LogP contribution in [0.25, 0.3) is 0 Å². The number of primary amides is 1. The molecule has 0 aromatic heterocycles. The van der Waals surface area contributed by atoms with Gasteiger partial charge in [-0.3, -0.25) is 13.9 Å². The van der Waals surface area contributed by atoms with Crippen molar-refractivity contribution in [3.63, 3.8) is 0 Å². The molecule has 194 valence electrons. The van der Waals surface area contributed by atoms with Gasteiger partial charge in [0.2, 0.25) is 11.8 Å². The molecule has 1 heterocycles. The van der Waals surface area contributed by atoms with Crippen LogP contribution < -0.4 is 14.8 Å². The molecule has 0 saturated carbocycles. The van der Waals surface area contributed by atoms with Gasteiger partial charge in [0.25, 0.3) is 10.0 Å². The van der Waals surface area contributed by atoms with Crippen molar-refractivity contribution in [1.29, 1.82) is 0 Å². The number of nitrogens with zero attached hydrogens (tertiary/aromatic N) is 2. The van der Waals surface area contributed by atoms with Crippen molar-refractivity contribution in [2.24, 2.45) is 5.73 Å². The number of rotatable bonds is 9. The highest BCUT2D eigenvalue weighted by Gasteiger charge is 2.42. The second-order valence-corrected chi connectivity index (χ2v) is 10.8. The zero-order valence-corrected chi connectivity index (χ0v) is 21.7. The number of ether oxygens (including phenoxy) is 1. The molecule has 0 bridgehead atoms.